The summed E-state index contributed by atoms with van der Waals surface area (Å²) in [6, 6.07) is 6.86. The Bertz CT molecular complexity index is 659. The average Bonchev–Trinajstić information content (AvgIpc) is 2.59. The van der Waals surface area contributed by atoms with Gasteiger partial charge >= 0.3 is 0 Å². The second-order valence-electron chi connectivity index (χ2n) is 3.08. The molecule has 0 aliphatic carbocycles. The highest BCUT2D eigenvalue weighted by molar-refractivity contribution is 14.3. The Kier molecular flexibility index (Phi) is 4.91. The molecule has 0 unspecified atom stereocenters. The van der Waals surface area contributed by atoms with E-state index in [2.05, 4.69) is 44.1 Å². The molecule has 0 aliphatic heterocycles. The van der Waals surface area contributed by atoms with Gasteiger partial charge in [0.15, 0.2) is 0 Å². The fourth-order valence-corrected chi connectivity index (χ4v) is 6.88. The molecule has 0 amide bonds. The Hall–Kier alpha value is 1.24. The summed E-state index contributed by atoms with van der Waals surface area (Å²) in [5, 5.41) is 1.01. The number of benzene rings is 1. The second kappa shape index (κ2) is 5.70. The summed E-state index contributed by atoms with van der Waals surface area (Å²) < 4.78 is 24.3. The maximum atomic E-state index is 11.3. The predicted octanol–water partition coefficient (Wildman–Crippen LogP) is 5.16. The lowest BCUT2D eigenvalue weighted by atomic mass is 10.2. The molecule has 2 rings (SSSR count). The number of rotatable bonds is 3. The molecule has 0 atom stereocenters. The van der Waals surface area contributed by atoms with E-state index in [-0.39, 0.29) is 7.30 Å². The van der Waals surface area contributed by atoms with Crippen LogP contribution in [-0.2, 0) is 9.05 Å². The van der Waals surface area contributed by atoms with Gasteiger partial charge in [0.2, 0.25) is 0 Å². The molecule has 1 heterocycles. The molecule has 0 saturated carbocycles. The summed E-state index contributed by atoms with van der Waals surface area (Å²) in [6.07, 6.45) is 1.94. The van der Waals surface area contributed by atoms with E-state index in [1.165, 1.54) is 6.07 Å². The molecule has 17 heavy (non-hydrogen) atoms. The summed E-state index contributed by atoms with van der Waals surface area (Å²) >= 11 is 6.37. The monoisotopic (exact) mass is 531 g/mol. The van der Waals surface area contributed by atoms with Crippen LogP contribution in [0, 0.1) is 0 Å². The van der Waals surface area contributed by atoms with E-state index in [4.69, 9.17) is 10.7 Å². The van der Waals surface area contributed by atoms with E-state index in [0.717, 1.165) is 10.9 Å². The first-order chi connectivity index (χ1) is 7.88. The van der Waals surface area contributed by atoms with E-state index >= 15 is 0 Å². The highest BCUT2D eigenvalue weighted by Crippen LogP contribution is 2.65. The number of fused-ring (bicyclic) bond motifs is 1. The van der Waals surface area contributed by atoms with Crippen molar-refractivity contribution < 1.29 is 8.42 Å². The minimum atomic E-state index is -3.67. The Morgan fingerprint density at radius 2 is 2.00 bits per heavy atom. The van der Waals surface area contributed by atoms with E-state index in [1.54, 1.807) is 23.7 Å². The first kappa shape index (κ1) is 14.6. The molecule has 0 spiro atoms. The van der Waals surface area contributed by atoms with Gasteiger partial charge in [-0.1, -0.05) is 6.07 Å². The van der Waals surface area contributed by atoms with Crippen molar-refractivity contribution in [2.24, 2.45) is 0 Å². The van der Waals surface area contributed by atoms with Crippen molar-refractivity contribution in [3.63, 3.8) is 0 Å². The van der Waals surface area contributed by atoms with Crippen LogP contribution in [0.25, 0.3) is 10.9 Å². The standard InChI is InChI=1S/C8H5ClI2NO2PS2/c9-17(13,14)7-2-1-6-3-4-12(8(6)5-7)16-15(10)11/h1-5H. The van der Waals surface area contributed by atoms with Gasteiger partial charge in [-0.25, -0.2) is 8.42 Å². The Morgan fingerprint density at radius 3 is 2.59 bits per heavy atom. The van der Waals surface area contributed by atoms with Crippen LogP contribution >= 0.6 is 68.7 Å². The first-order valence-corrected chi connectivity index (χ1v) is 14.8. The Morgan fingerprint density at radius 1 is 1.29 bits per heavy atom. The predicted molar refractivity (Wildman–Crippen MR) is 92.9 cm³/mol. The topological polar surface area (TPSA) is 39.1 Å². The maximum absolute atomic E-state index is 11.3. The number of hydrogen-bond acceptors (Lipinski definition) is 3. The van der Waals surface area contributed by atoms with Gasteiger partial charge in [0, 0.05) is 33.8 Å². The zero-order chi connectivity index (χ0) is 12.6. The molecule has 0 radical (unpaired) electrons. The number of aromatic nitrogens is 1. The van der Waals surface area contributed by atoms with Gasteiger partial charge in [0.1, 0.15) is 2.41 Å². The van der Waals surface area contributed by atoms with Gasteiger partial charge < -0.3 is 0 Å². The largest absolute Gasteiger partial charge is 0.286 e. The normalized spacial score (nSPS) is 12.5. The zero-order valence-corrected chi connectivity index (χ0v) is 15.6. The molecule has 92 valence electrons. The number of halogens is 3. The molecular formula is C8H5ClI2NO2PS2. The van der Waals surface area contributed by atoms with Gasteiger partial charge in [0.05, 0.1) is 10.4 Å². The van der Waals surface area contributed by atoms with Crippen LogP contribution in [0.5, 0.6) is 0 Å². The van der Waals surface area contributed by atoms with Crippen molar-refractivity contribution in [3.8, 4) is 0 Å². The minimum Gasteiger partial charge on any atom is -0.286 e. The van der Waals surface area contributed by atoms with Crippen molar-refractivity contribution >= 4 is 88.7 Å². The third-order valence-electron chi connectivity index (χ3n) is 2.06. The van der Waals surface area contributed by atoms with Crippen LogP contribution in [0.4, 0.5) is 0 Å². The van der Waals surface area contributed by atoms with Crippen LogP contribution in [0.1, 0.15) is 0 Å². The van der Waals surface area contributed by atoms with Crippen LogP contribution in [0.2, 0.25) is 0 Å². The molecule has 0 fully saturated rings. The third kappa shape index (κ3) is 3.62. The summed E-state index contributed by atoms with van der Waals surface area (Å²) in [6.45, 7) is 0. The summed E-state index contributed by atoms with van der Waals surface area (Å²) in [5.41, 5.74) is 0.873. The van der Waals surface area contributed by atoms with Crippen LogP contribution in [-0.4, -0.2) is 12.4 Å². The SMILES string of the molecule is O=S(=O)(Cl)c1ccc2ccn(SP(I)I)c2c1. The highest BCUT2D eigenvalue weighted by atomic mass is 127. The molecule has 0 aliphatic rings. The van der Waals surface area contributed by atoms with Crippen molar-refractivity contribution in [2.45, 2.75) is 4.90 Å². The fourth-order valence-electron chi connectivity index (χ4n) is 1.37. The van der Waals surface area contributed by atoms with E-state index < -0.39 is 9.05 Å². The molecule has 0 N–H and O–H groups in total. The van der Waals surface area contributed by atoms with Crippen molar-refractivity contribution in [3.05, 3.63) is 30.5 Å². The van der Waals surface area contributed by atoms with Crippen molar-refractivity contribution in [1.29, 1.82) is 0 Å². The van der Waals surface area contributed by atoms with Gasteiger partial charge in [-0.2, -0.15) is 0 Å². The van der Waals surface area contributed by atoms with E-state index in [9.17, 15) is 8.42 Å². The van der Waals surface area contributed by atoms with Gasteiger partial charge in [0.25, 0.3) is 9.05 Å². The molecule has 1 aromatic heterocycles. The fraction of sp³-hybridized carbons (Fsp3) is 0. The summed E-state index contributed by atoms with van der Waals surface area (Å²) in [7, 11) is 1.68. The summed E-state index contributed by atoms with van der Waals surface area (Å²) in [4.78, 5) is 0.137. The molecule has 3 nitrogen and oxygen atoms in total. The lowest BCUT2D eigenvalue weighted by Crippen LogP contribution is -1.90. The lowest BCUT2D eigenvalue weighted by Gasteiger charge is -2.05. The molecule has 0 saturated heterocycles. The van der Waals surface area contributed by atoms with Crippen LogP contribution < -0.4 is 0 Å². The number of hydrogen-bond donors (Lipinski definition) is 0. The van der Waals surface area contributed by atoms with Crippen LogP contribution in [0.3, 0.4) is 0 Å². The average molecular weight is 532 g/mol. The quantitative estimate of drug-likeness (QED) is 0.312. The zero-order valence-electron chi connectivity index (χ0n) is 8.05. The van der Waals surface area contributed by atoms with Gasteiger partial charge in [-0.15, -0.1) is 0 Å². The highest BCUT2D eigenvalue weighted by Gasteiger charge is 2.13. The minimum absolute atomic E-state index is 0.137. The molecular weight excluding hydrogens is 526 g/mol. The maximum Gasteiger partial charge on any atom is 0.261 e. The molecule has 1 aromatic carbocycles. The Balaban J connectivity index is 2.58. The van der Waals surface area contributed by atoms with Crippen LogP contribution in [0.15, 0.2) is 35.4 Å². The van der Waals surface area contributed by atoms with E-state index in [1.807, 2.05) is 16.2 Å². The second-order valence-corrected chi connectivity index (χ2v) is 23.5. The molecule has 0 bridgehead atoms. The summed E-state index contributed by atoms with van der Waals surface area (Å²) in [5.74, 6) is 0. The van der Waals surface area contributed by atoms with Gasteiger partial charge in [-0.3, -0.25) is 3.97 Å². The smallest absolute Gasteiger partial charge is 0.261 e. The first-order valence-electron chi connectivity index (χ1n) is 4.24. The lowest BCUT2D eigenvalue weighted by molar-refractivity contribution is 0.609. The molecule has 9 heteroatoms. The van der Waals surface area contributed by atoms with Gasteiger partial charge in [-0.05, 0) is 62.3 Å². The van der Waals surface area contributed by atoms with E-state index in [0.29, 0.717) is 0 Å². The number of nitrogens with zero attached hydrogens (tertiary/aromatic N) is 1. The van der Waals surface area contributed by atoms with Crippen molar-refractivity contribution in [1.82, 2.24) is 3.97 Å². The third-order valence-corrected chi connectivity index (χ3v) is 8.10. The Labute approximate surface area is 135 Å². The molecule has 2 aromatic rings. The van der Waals surface area contributed by atoms with Crippen molar-refractivity contribution in [2.75, 3.05) is 0 Å².